The number of ether oxygens (including phenoxy) is 2. The molecule has 0 spiro atoms. The van der Waals surface area contributed by atoms with Crippen molar-refractivity contribution < 1.29 is 19.1 Å². The van der Waals surface area contributed by atoms with Gasteiger partial charge in [0.05, 0.1) is 12.3 Å². The molecule has 0 bridgehead atoms. The minimum atomic E-state index is -0.473. The van der Waals surface area contributed by atoms with Crippen molar-refractivity contribution in [3.63, 3.8) is 0 Å². The zero-order chi connectivity index (χ0) is 18.9. The molecule has 2 aromatic rings. The van der Waals surface area contributed by atoms with Crippen LogP contribution >= 0.6 is 0 Å². The Labute approximate surface area is 154 Å². The number of hydrogen-bond donors (Lipinski definition) is 1. The third-order valence-corrected chi connectivity index (χ3v) is 4.54. The quantitative estimate of drug-likeness (QED) is 0.616. The number of aryl methyl sites for hydroxylation is 1. The summed E-state index contributed by atoms with van der Waals surface area (Å²) in [5.74, 6) is 0.792. The van der Waals surface area contributed by atoms with Crippen LogP contribution in [0.25, 0.3) is 10.9 Å². The van der Waals surface area contributed by atoms with Crippen molar-refractivity contribution in [1.29, 1.82) is 0 Å². The number of carbonyl (C=O) groups is 2. The Kier molecular flexibility index (Phi) is 5.08. The highest BCUT2D eigenvalue weighted by atomic mass is 16.6. The Morgan fingerprint density at radius 1 is 1.27 bits per heavy atom. The van der Waals surface area contributed by atoms with Crippen molar-refractivity contribution in [1.82, 2.24) is 4.98 Å². The van der Waals surface area contributed by atoms with E-state index in [2.05, 4.69) is 11.1 Å². The highest BCUT2D eigenvalue weighted by Gasteiger charge is 2.21. The summed E-state index contributed by atoms with van der Waals surface area (Å²) in [6.45, 7) is 8.16. The second-order valence-corrected chi connectivity index (χ2v) is 7.80. The topological polar surface area (TPSA) is 68.4 Å². The van der Waals surface area contributed by atoms with Crippen molar-refractivity contribution in [2.75, 3.05) is 6.61 Å². The maximum atomic E-state index is 12.4. The number of benzene rings is 1. The van der Waals surface area contributed by atoms with Gasteiger partial charge in [0.2, 0.25) is 0 Å². The second kappa shape index (κ2) is 7.14. The summed E-state index contributed by atoms with van der Waals surface area (Å²) in [4.78, 5) is 27.6. The minimum absolute atomic E-state index is 0.0922. The summed E-state index contributed by atoms with van der Waals surface area (Å²) in [5.41, 5.74) is 3.32. The number of aromatic nitrogens is 1. The largest absolute Gasteiger partial charge is 0.493 e. The lowest BCUT2D eigenvalue weighted by molar-refractivity contribution is -0.154. The molecule has 0 saturated carbocycles. The van der Waals surface area contributed by atoms with E-state index in [1.165, 1.54) is 5.56 Å². The molecule has 0 aliphatic carbocycles. The predicted octanol–water partition coefficient (Wildman–Crippen LogP) is 4.36. The average molecular weight is 357 g/mol. The number of rotatable bonds is 6. The van der Waals surface area contributed by atoms with E-state index in [9.17, 15) is 9.59 Å². The Hall–Kier alpha value is -2.30. The molecule has 1 aromatic carbocycles. The van der Waals surface area contributed by atoms with Crippen LogP contribution in [0.15, 0.2) is 12.1 Å². The molecule has 0 saturated heterocycles. The van der Waals surface area contributed by atoms with Gasteiger partial charge >= 0.3 is 5.97 Å². The Morgan fingerprint density at radius 3 is 2.73 bits per heavy atom. The molecule has 2 heterocycles. The number of esters is 1. The first-order chi connectivity index (χ1) is 12.3. The van der Waals surface area contributed by atoms with Gasteiger partial charge < -0.3 is 14.5 Å². The summed E-state index contributed by atoms with van der Waals surface area (Å²) in [6, 6.07) is 4.12. The number of Topliss-reactive ketones (excluding diaryl/α,β-unsaturated/α-hetero) is 1. The third kappa shape index (κ3) is 3.92. The molecule has 140 valence electrons. The molecule has 5 nitrogen and oxygen atoms in total. The van der Waals surface area contributed by atoms with E-state index < -0.39 is 5.60 Å². The number of carbonyl (C=O) groups excluding carboxylic acids is 2. The van der Waals surface area contributed by atoms with Gasteiger partial charge in [0.15, 0.2) is 5.78 Å². The molecule has 0 atom stereocenters. The minimum Gasteiger partial charge on any atom is -0.493 e. The van der Waals surface area contributed by atoms with E-state index in [0.717, 1.165) is 28.6 Å². The molecule has 5 heteroatoms. The number of fused-ring (bicyclic) bond motifs is 2. The van der Waals surface area contributed by atoms with Crippen molar-refractivity contribution in [3.05, 3.63) is 29.0 Å². The van der Waals surface area contributed by atoms with Crippen molar-refractivity contribution in [2.24, 2.45) is 0 Å². The van der Waals surface area contributed by atoms with Gasteiger partial charge in [-0.2, -0.15) is 0 Å². The Balaban J connectivity index is 1.83. The summed E-state index contributed by atoms with van der Waals surface area (Å²) in [6.07, 6.45) is 2.98. The monoisotopic (exact) mass is 357 g/mol. The molecule has 1 aliphatic heterocycles. The van der Waals surface area contributed by atoms with Crippen LogP contribution < -0.4 is 4.74 Å². The smallest absolute Gasteiger partial charge is 0.306 e. The van der Waals surface area contributed by atoms with Crippen molar-refractivity contribution in [2.45, 2.75) is 65.4 Å². The lowest BCUT2D eigenvalue weighted by Crippen LogP contribution is -2.23. The van der Waals surface area contributed by atoms with E-state index in [1.807, 2.05) is 33.8 Å². The van der Waals surface area contributed by atoms with Crippen LogP contribution in [0.2, 0.25) is 0 Å². The first-order valence-electron chi connectivity index (χ1n) is 9.34. The molecule has 3 rings (SSSR count). The van der Waals surface area contributed by atoms with E-state index in [1.54, 1.807) is 0 Å². The van der Waals surface area contributed by atoms with Crippen LogP contribution in [0.5, 0.6) is 5.75 Å². The summed E-state index contributed by atoms with van der Waals surface area (Å²) >= 11 is 0. The van der Waals surface area contributed by atoms with Crippen molar-refractivity contribution >= 4 is 22.7 Å². The lowest BCUT2D eigenvalue weighted by Gasteiger charge is -2.19. The van der Waals surface area contributed by atoms with Crippen LogP contribution in [-0.4, -0.2) is 28.9 Å². The Bertz CT molecular complexity index is 842. The van der Waals surface area contributed by atoms with Crippen LogP contribution in [0.3, 0.4) is 0 Å². The molecule has 1 aromatic heterocycles. The first-order valence-corrected chi connectivity index (χ1v) is 9.34. The van der Waals surface area contributed by atoms with Gasteiger partial charge in [-0.05, 0) is 56.9 Å². The fraction of sp³-hybridized carbons (Fsp3) is 0.524. The van der Waals surface area contributed by atoms with Crippen LogP contribution in [-0.2, 0) is 22.4 Å². The lowest BCUT2D eigenvalue weighted by atomic mass is 10.0. The third-order valence-electron chi connectivity index (χ3n) is 4.54. The molecule has 0 amide bonds. The Morgan fingerprint density at radius 2 is 2.04 bits per heavy atom. The first kappa shape index (κ1) is 18.5. The number of aromatic amines is 1. The molecular formula is C21H27NO4. The fourth-order valence-electron chi connectivity index (χ4n) is 3.40. The van der Waals surface area contributed by atoms with Crippen LogP contribution in [0.1, 0.15) is 68.6 Å². The van der Waals surface area contributed by atoms with Gasteiger partial charge in [0, 0.05) is 30.2 Å². The van der Waals surface area contributed by atoms with E-state index in [-0.39, 0.29) is 11.8 Å². The number of nitrogens with one attached hydrogen (secondary N) is 1. The van der Waals surface area contributed by atoms with Crippen molar-refractivity contribution in [3.8, 4) is 5.75 Å². The molecule has 0 radical (unpaired) electrons. The maximum absolute atomic E-state index is 12.4. The van der Waals surface area contributed by atoms with E-state index in [0.29, 0.717) is 38.0 Å². The van der Waals surface area contributed by atoms with Crippen LogP contribution in [0, 0.1) is 0 Å². The number of hydrogen-bond acceptors (Lipinski definition) is 4. The van der Waals surface area contributed by atoms with Gasteiger partial charge in [0.25, 0.3) is 0 Å². The normalized spacial score (nSPS) is 13.5. The van der Waals surface area contributed by atoms with Gasteiger partial charge in [-0.3, -0.25) is 9.59 Å². The molecule has 1 N–H and O–H groups in total. The molecule has 26 heavy (non-hydrogen) atoms. The van der Waals surface area contributed by atoms with Gasteiger partial charge in [0.1, 0.15) is 11.4 Å². The zero-order valence-corrected chi connectivity index (χ0v) is 16.0. The fourth-order valence-corrected chi connectivity index (χ4v) is 3.40. The average Bonchev–Trinajstić information content (AvgIpc) is 3.14. The van der Waals surface area contributed by atoms with E-state index in [4.69, 9.17) is 9.47 Å². The van der Waals surface area contributed by atoms with Crippen LogP contribution in [0.4, 0.5) is 0 Å². The zero-order valence-electron chi connectivity index (χ0n) is 16.0. The molecule has 0 unspecified atom stereocenters. The number of H-pyrrole nitrogens is 1. The summed E-state index contributed by atoms with van der Waals surface area (Å²) in [7, 11) is 0. The summed E-state index contributed by atoms with van der Waals surface area (Å²) in [5, 5.41) is 1.02. The standard InChI is InChI=1S/C21H27NO4/c1-5-17(23)20-14(7-6-8-19(24)26-21(2,3)4)15-12-18-13(9-10-25-18)11-16(15)22-20/h11-12,22H,5-10H2,1-4H3. The summed E-state index contributed by atoms with van der Waals surface area (Å²) < 4.78 is 11.1. The number of ketones is 1. The SMILES string of the molecule is CCC(=O)c1[nH]c2cc3c(cc2c1CCCC(=O)OC(C)(C)C)OCC3. The van der Waals surface area contributed by atoms with Gasteiger partial charge in [-0.1, -0.05) is 6.92 Å². The molecule has 1 aliphatic rings. The van der Waals surface area contributed by atoms with E-state index >= 15 is 0 Å². The highest BCUT2D eigenvalue weighted by molar-refractivity contribution is 6.02. The highest BCUT2D eigenvalue weighted by Crippen LogP contribution is 2.34. The molecular weight excluding hydrogens is 330 g/mol. The van der Waals surface area contributed by atoms with Gasteiger partial charge in [-0.25, -0.2) is 0 Å². The van der Waals surface area contributed by atoms with Gasteiger partial charge in [-0.15, -0.1) is 0 Å². The molecule has 0 fully saturated rings. The second-order valence-electron chi connectivity index (χ2n) is 7.80. The maximum Gasteiger partial charge on any atom is 0.306 e. The predicted molar refractivity (Wildman–Crippen MR) is 101 cm³/mol.